The maximum atomic E-state index is 12.9. The first kappa shape index (κ1) is 74.0. The second-order valence-electron chi connectivity index (χ2n) is 20.5. The van der Waals surface area contributed by atoms with E-state index in [0.717, 1.165) is 135 Å². The molecule has 6 nitrogen and oxygen atoms in total. The SMILES string of the molecule is CC/C=C\C/C=C\C/C=C\C/C=C\C/C=C\CC(=O)OCC(COC(=O)CCCCCCCCCCCCCCCC/C=C\C/C=C\C/C=C\C/C=C\CC)OC(=O)CCCCCCCC/C=C\C/C=C\C/C=C\C/C=C\CC. The summed E-state index contributed by atoms with van der Waals surface area (Å²) >= 11 is 0. The van der Waals surface area contributed by atoms with Crippen molar-refractivity contribution in [2.24, 2.45) is 0 Å². The van der Waals surface area contributed by atoms with Crippen molar-refractivity contribution in [2.45, 2.75) is 271 Å². The Labute approximate surface area is 486 Å². The van der Waals surface area contributed by atoms with Gasteiger partial charge < -0.3 is 14.2 Å². The lowest BCUT2D eigenvalue weighted by molar-refractivity contribution is -0.166. The van der Waals surface area contributed by atoms with Gasteiger partial charge in [0.05, 0.1) is 6.42 Å². The molecule has 0 aliphatic heterocycles. The summed E-state index contributed by atoms with van der Waals surface area (Å²) in [6, 6.07) is 0. The third kappa shape index (κ3) is 63.7. The van der Waals surface area contributed by atoms with Gasteiger partial charge in [0, 0.05) is 12.8 Å². The van der Waals surface area contributed by atoms with Gasteiger partial charge in [-0.05, 0) is 122 Å². The molecule has 1 atom stereocenters. The van der Waals surface area contributed by atoms with Crippen LogP contribution in [-0.2, 0) is 28.6 Å². The van der Waals surface area contributed by atoms with Gasteiger partial charge in [0.25, 0.3) is 0 Å². The summed E-state index contributed by atoms with van der Waals surface area (Å²) in [6.45, 7) is 6.20. The van der Waals surface area contributed by atoms with Gasteiger partial charge in [0.15, 0.2) is 6.10 Å². The van der Waals surface area contributed by atoms with Crippen molar-refractivity contribution in [3.8, 4) is 0 Å². The van der Waals surface area contributed by atoms with E-state index in [4.69, 9.17) is 14.2 Å². The van der Waals surface area contributed by atoms with Gasteiger partial charge in [-0.25, -0.2) is 0 Å². The van der Waals surface area contributed by atoms with E-state index in [2.05, 4.69) is 167 Å². The van der Waals surface area contributed by atoms with Gasteiger partial charge in [-0.3, -0.25) is 14.4 Å². The Morgan fingerprint density at radius 3 is 0.823 bits per heavy atom. The van der Waals surface area contributed by atoms with Gasteiger partial charge in [0.1, 0.15) is 13.2 Å². The number of rotatable bonds is 56. The van der Waals surface area contributed by atoms with E-state index in [0.29, 0.717) is 6.42 Å². The lowest BCUT2D eigenvalue weighted by atomic mass is 10.0. The fraction of sp³-hybridized carbons (Fsp3) is 0.603. The predicted molar refractivity (Wildman–Crippen MR) is 343 cm³/mol. The number of ether oxygens (including phenoxy) is 3. The second kappa shape index (κ2) is 65.5. The smallest absolute Gasteiger partial charge is 0.309 e. The molecular formula is C73H116O6. The van der Waals surface area contributed by atoms with Crippen LogP contribution in [-0.4, -0.2) is 37.2 Å². The maximum Gasteiger partial charge on any atom is 0.309 e. The van der Waals surface area contributed by atoms with Gasteiger partial charge in [-0.1, -0.05) is 281 Å². The summed E-state index contributed by atoms with van der Waals surface area (Å²) in [6.07, 6.45) is 95.6. The summed E-state index contributed by atoms with van der Waals surface area (Å²) in [7, 11) is 0. The van der Waals surface area contributed by atoms with E-state index < -0.39 is 12.1 Å². The number of unbranched alkanes of at least 4 members (excludes halogenated alkanes) is 20. The Morgan fingerprint density at radius 1 is 0.266 bits per heavy atom. The van der Waals surface area contributed by atoms with E-state index in [9.17, 15) is 14.4 Å². The highest BCUT2D eigenvalue weighted by Crippen LogP contribution is 2.15. The fourth-order valence-electron chi connectivity index (χ4n) is 8.38. The van der Waals surface area contributed by atoms with Crippen molar-refractivity contribution >= 4 is 17.9 Å². The summed E-state index contributed by atoms with van der Waals surface area (Å²) in [5.74, 6) is -1.07. The Balaban J connectivity index is 4.42. The lowest BCUT2D eigenvalue weighted by Crippen LogP contribution is -2.30. The van der Waals surface area contributed by atoms with Crippen LogP contribution in [0.15, 0.2) is 158 Å². The predicted octanol–water partition coefficient (Wildman–Crippen LogP) is 22.1. The number of hydrogen-bond donors (Lipinski definition) is 0. The molecule has 0 N–H and O–H groups in total. The topological polar surface area (TPSA) is 78.9 Å². The highest BCUT2D eigenvalue weighted by atomic mass is 16.6. The molecule has 0 amide bonds. The molecule has 0 aliphatic rings. The molecule has 6 heteroatoms. The Kier molecular flexibility index (Phi) is 61.4. The number of esters is 3. The molecule has 0 saturated carbocycles. The molecule has 0 heterocycles. The van der Waals surface area contributed by atoms with E-state index in [-0.39, 0.29) is 38.0 Å². The Bertz CT molecular complexity index is 1780. The first-order valence-corrected chi connectivity index (χ1v) is 32.0. The van der Waals surface area contributed by atoms with Gasteiger partial charge >= 0.3 is 17.9 Å². The third-order valence-electron chi connectivity index (χ3n) is 13.0. The van der Waals surface area contributed by atoms with Crippen LogP contribution in [0.3, 0.4) is 0 Å². The number of carbonyl (C=O) groups is 3. The van der Waals surface area contributed by atoms with Crippen molar-refractivity contribution in [3.63, 3.8) is 0 Å². The van der Waals surface area contributed by atoms with Crippen LogP contribution in [0.1, 0.15) is 265 Å². The number of allylic oxidation sites excluding steroid dienone is 25. The van der Waals surface area contributed by atoms with E-state index >= 15 is 0 Å². The minimum atomic E-state index is -0.834. The molecule has 79 heavy (non-hydrogen) atoms. The third-order valence-corrected chi connectivity index (χ3v) is 13.0. The molecule has 0 radical (unpaired) electrons. The molecular weight excluding hydrogens is 973 g/mol. The molecule has 0 spiro atoms. The van der Waals surface area contributed by atoms with Crippen molar-refractivity contribution < 1.29 is 28.6 Å². The second-order valence-corrected chi connectivity index (χ2v) is 20.5. The normalized spacial score (nSPS) is 13.2. The van der Waals surface area contributed by atoms with Crippen molar-refractivity contribution in [1.82, 2.24) is 0 Å². The molecule has 1 unspecified atom stereocenters. The summed E-state index contributed by atoms with van der Waals surface area (Å²) in [4.78, 5) is 38.3. The summed E-state index contributed by atoms with van der Waals surface area (Å²) in [5.41, 5.74) is 0. The van der Waals surface area contributed by atoms with Crippen LogP contribution < -0.4 is 0 Å². The van der Waals surface area contributed by atoms with Gasteiger partial charge in [0.2, 0.25) is 0 Å². The monoisotopic (exact) mass is 1090 g/mol. The molecule has 0 aromatic heterocycles. The Morgan fingerprint density at radius 2 is 0.506 bits per heavy atom. The maximum absolute atomic E-state index is 12.9. The molecule has 0 aliphatic carbocycles. The number of carbonyl (C=O) groups excluding carboxylic acids is 3. The summed E-state index contributed by atoms with van der Waals surface area (Å²) < 4.78 is 16.8. The number of hydrogen-bond acceptors (Lipinski definition) is 6. The van der Waals surface area contributed by atoms with Crippen LogP contribution >= 0.6 is 0 Å². The van der Waals surface area contributed by atoms with Gasteiger partial charge in [-0.15, -0.1) is 0 Å². The molecule has 0 rings (SSSR count). The largest absolute Gasteiger partial charge is 0.462 e. The zero-order chi connectivity index (χ0) is 57.1. The van der Waals surface area contributed by atoms with Crippen LogP contribution in [0.2, 0.25) is 0 Å². The van der Waals surface area contributed by atoms with Crippen LogP contribution in [0.25, 0.3) is 0 Å². The minimum Gasteiger partial charge on any atom is -0.462 e. The van der Waals surface area contributed by atoms with Crippen molar-refractivity contribution in [2.75, 3.05) is 13.2 Å². The zero-order valence-corrected chi connectivity index (χ0v) is 50.8. The van der Waals surface area contributed by atoms with Crippen LogP contribution in [0.4, 0.5) is 0 Å². The summed E-state index contributed by atoms with van der Waals surface area (Å²) in [5, 5.41) is 0. The molecule has 0 aromatic carbocycles. The fourth-order valence-corrected chi connectivity index (χ4v) is 8.38. The standard InChI is InChI=1S/C73H116O6/c1-4-7-10-13-16-19-22-25-28-30-32-33-34-35-36-37-38-39-41-42-45-48-51-54-57-60-63-66-72(75)78-69-70(68-77-71(74)65-62-59-56-53-50-47-44-27-24-21-18-15-12-9-6-3)79-73(76)67-64-61-58-55-52-49-46-43-40-31-29-26-23-20-17-14-11-8-5-2/h7-12,16-21,25-29,32-33,40,43-44,50,53,59,62,70H,4-6,13-15,22-24,30-31,34-39,41-42,45-49,51-52,54-58,60-61,63-69H2,1-3H3/b10-7-,11-8-,12-9-,19-16-,20-17-,21-18-,28-25-,29-26-,33-32-,43-40-,44-27-,53-50-,62-59-. The van der Waals surface area contributed by atoms with Crippen molar-refractivity contribution in [1.29, 1.82) is 0 Å². The Hall–Kier alpha value is -4.97. The quantitative estimate of drug-likeness (QED) is 0.0261. The molecule has 0 aromatic rings. The van der Waals surface area contributed by atoms with E-state index in [1.165, 1.54) is 89.9 Å². The molecule has 444 valence electrons. The average molecular weight is 1090 g/mol. The highest BCUT2D eigenvalue weighted by Gasteiger charge is 2.19. The average Bonchev–Trinajstić information content (AvgIpc) is 3.45. The first-order chi connectivity index (χ1) is 39.0. The van der Waals surface area contributed by atoms with E-state index in [1.807, 2.05) is 6.08 Å². The zero-order valence-electron chi connectivity index (χ0n) is 50.8. The lowest BCUT2D eigenvalue weighted by Gasteiger charge is -2.18. The van der Waals surface area contributed by atoms with Crippen LogP contribution in [0, 0.1) is 0 Å². The molecule has 0 saturated heterocycles. The molecule has 0 bridgehead atoms. The van der Waals surface area contributed by atoms with Gasteiger partial charge in [-0.2, -0.15) is 0 Å². The highest BCUT2D eigenvalue weighted by molar-refractivity contribution is 5.72. The van der Waals surface area contributed by atoms with E-state index in [1.54, 1.807) is 6.08 Å². The first-order valence-electron chi connectivity index (χ1n) is 32.0. The van der Waals surface area contributed by atoms with Crippen molar-refractivity contribution in [3.05, 3.63) is 158 Å². The van der Waals surface area contributed by atoms with Crippen LogP contribution in [0.5, 0.6) is 0 Å². The minimum absolute atomic E-state index is 0.117. The molecule has 0 fully saturated rings.